The fourth-order valence-corrected chi connectivity index (χ4v) is 16.4. The number of aromatic nitrogens is 6. The first-order valence-electron chi connectivity index (χ1n) is 40.9. The molecule has 123 heavy (non-hydrogen) atoms. The molecule has 621 valence electrons. The molecular weight excluding hydrogens is 1730 g/mol. The number of aryl methyl sites for hydroxylation is 1. The summed E-state index contributed by atoms with van der Waals surface area (Å²) in [4.78, 5) is 15.9. The standard InChI is InChI=1S/C18H18NO.C17H16NO.C15H12NO2.C15H12NO.C14H8F2NO.C14H9FNO.C11H20O2.Ir/c1-18(2,3)13-4-5-14-12(10-13)11-19-8-6-16-15(17(14)19)7-9-20-16;1-17(2,3)13-6-4-12(5-7-13)16-14-9-11-19-15(14)8-10-18-16;1-17-11-2-3-12-10(8-11)9-16-6-4-14-13(15(12)16)5-7-18-14;1-10-2-3-12-11(8-10)9-16-6-4-14-13(15(12)16)5-7-17-14;15-9-5-8-7-17-3-1-12-10(2-4-18-12)14(17)13(8)11(16)6-9;15-10-1-2-11-9(7-10)8-16-5-3-13-12(14(11)16)4-6-17-13;1-10(2,3)8(12)7-9(13)11(4,5)6;/h4-10H,11H2,1-3H3;4,6-11H,1-3H3;2-8H,9H2,1H3;2-8H,9H2,1H3;1-6H,7H2;1-7H,8H2;7,12H,1-6H3;/q+1;-1;4*+1;;. The van der Waals surface area contributed by atoms with Crippen LogP contribution in [0.15, 0.2) is 289 Å². The molecule has 12 aromatic heterocycles. The number of fused-ring (bicyclic) bond motifs is 26. The molecule has 23 rings (SSSR count). The SMILES string of the molecule is CC(C)(C)C(=O)C=C(O)C(C)(C)C.CC(C)(C)c1c[c-]c(-c2nccc3occc23)cc1.CC(C)(C)c1ccc2c(c1)C[n+]1ccc3occc3c1-2.COc1ccc2c(c1)C[n+]1ccc3occc3c1-2.Cc1ccc2c(c1)C[n+]1ccc3occc3c1-2.Fc1cc(F)c2c(c1)C[n+]1ccc3occc3c1-2.Fc1ccc2c(c1)C[n+]1ccc3occc3c1-2.[Ir]. The van der Waals surface area contributed by atoms with E-state index in [1.54, 1.807) is 63.0 Å². The van der Waals surface area contributed by atoms with E-state index >= 15 is 0 Å². The van der Waals surface area contributed by atoms with Gasteiger partial charge in [-0.05, 0) is 138 Å². The van der Waals surface area contributed by atoms with Crippen molar-refractivity contribution in [3.05, 3.63) is 331 Å². The average Bonchev–Trinajstić information content (AvgIpc) is 1.68. The van der Waals surface area contributed by atoms with E-state index in [2.05, 4.69) is 181 Å². The van der Waals surface area contributed by atoms with Gasteiger partial charge in [-0.1, -0.05) is 101 Å². The van der Waals surface area contributed by atoms with Crippen molar-refractivity contribution in [1.29, 1.82) is 0 Å². The van der Waals surface area contributed by atoms with Crippen molar-refractivity contribution in [2.24, 2.45) is 10.8 Å². The molecule has 17 heterocycles. The van der Waals surface area contributed by atoms with Gasteiger partial charge in [-0.25, -0.2) is 13.2 Å². The molecular formula is C104H95F3IrN6O9+4. The third kappa shape index (κ3) is 16.6. The number of rotatable bonds is 3. The molecule has 0 saturated carbocycles. The van der Waals surface area contributed by atoms with E-state index in [1.807, 2.05) is 119 Å². The van der Waals surface area contributed by atoms with Crippen LogP contribution in [0.4, 0.5) is 13.2 Å². The largest absolute Gasteiger partial charge is 0.512 e. The number of ether oxygens (including phenoxy) is 1. The first-order valence-corrected chi connectivity index (χ1v) is 40.9. The number of methoxy groups -OCH3 is 1. The number of benzene rings is 6. The summed E-state index contributed by atoms with van der Waals surface area (Å²) in [6, 6.07) is 60.3. The summed E-state index contributed by atoms with van der Waals surface area (Å²) in [6.07, 6.45) is 23.5. The average molecular weight is 1820 g/mol. The molecule has 1 N–H and O–H groups in total. The van der Waals surface area contributed by atoms with Gasteiger partial charge in [0.25, 0.3) is 0 Å². The minimum atomic E-state index is -0.539. The van der Waals surface area contributed by atoms with E-state index in [0.717, 1.165) is 116 Å². The Labute approximate surface area is 724 Å². The number of aliphatic hydroxyl groups is 1. The number of halogens is 3. The number of carbonyl (C=O) groups excluding carboxylic acids is 1. The maximum Gasteiger partial charge on any atom is 0.227 e. The monoisotopic (exact) mass is 1820 g/mol. The maximum absolute atomic E-state index is 14.0. The topological polar surface area (TPSA) is 158 Å². The van der Waals surface area contributed by atoms with E-state index < -0.39 is 17.0 Å². The van der Waals surface area contributed by atoms with E-state index in [0.29, 0.717) is 23.3 Å². The van der Waals surface area contributed by atoms with Crippen LogP contribution in [-0.2, 0) is 68.5 Å². The Morgan fingerprint density at radius 3 is 1.26 bits per heavy atom. The van der Waals surface area contributed by atoms with Crippen molar-refractivity contribution in [2.75, 3.05) is 7.11 Å². The Bertz CT molecular complexity index is 7000. The second-order valence-corrected chi connectivity index (χ2v) is 35.6. The van der Waals surface area contributed by atoms with Crippen molar-refractivity contribution >= 4 is 71.6 Å². The van der Waals surface area contributed by atoms with Crippen LogP contribution < -0.4 is 27.6 Å². The number of allylic oxidation sites excluding steroid dienone is 2. The van der Waals surface area contributed by atoms with Gasteiger partial charge in [-0.3, -0.25) is 4.79 Å². The van der Waals surface area contributed by atoms with Crippen LogP contribution in [0.5, 0.6) is 5.75 Å². The van der Waals surface area contributed by atoms with E-state index in [4.69, 9.17) is 31.2 Å². The van der Waals surface area contributed by atoms with Crippen molar-refractivity contribution in [3.63, 3.8) is 0 Å². The van der Waals surface area contributed by atoms with Crippen LogP contribution in [0.2, 0.25) is 0 Å². The van der Waals surface area contributed by atoms with Gasteiger partial charge >= 0.3 is 0 Å². The number of aliphatic hydroxyl groups excluding tert-OH is 1. The fourth-order valence-electron chi connectivity index (χ4n) is 16.4. The van der Waals surface area contributed by atoms with Gasteiger partial charge in [0, 0.05) is 113 Å². The number of ketones is 1. The Morgan fingerprint density at radius 1 is 0.423 bits per heavy atom. The number of hydrogen-bond acceptors (Lipinski definition) is 10. The predicted molar refractivity (Wildman–Crippen MR) is 466 cm³/mol. The van der Waals surface area contributed by atoms with Crippen LogP contribution in [0.1, 0.15) is 128 Å². The fraction of sp³-hybridized carbons (Fsp3) is 0.221. The summed E-state index contributed by atoms with van der Waals surface area (Å²) >= 11 is 0. The van der Waals surface area contributed by atoms with E-state index in [9.17, 15) is 23.1 Å². The molecule has 0 fully saturated rings. The van der Waals surface area contributed by atoms with Gasteiger partial charge in [0.1, 0.15) is 62.5 Å². The molecule has 15 nitrogen and oxygen atoms in total. The normalized spacial score (nSPS) is 12.8. The molecule has 0 bridgehead atoms. The van der Waals surface area contributed by atoms with Crippen molar-refractivity contribution in [1.82, 2.24) is 4.98 Å². The third-order valence-corrected chi connectivity index (χ3v) is 23.0. The quantitative estimate of drug-likeness (QED) is 0.0781. The maximum atomic E-state index is 14.0. The van der Waals surface area contributed by atoms with E-state index in [-0.39, 0.29) is 53.7 Å². The predicted octanol–water partition coefficient (Wildman–Crippen LogP) is 23.5. The van der Waals surface area contributed by atoms with Crippen LogP contribution >= 0.6 is 0 Å². The Morgan fingerprint density at radius 2 is 0.813 bits per heavy atom. The van der Waals surface area contributed by atoms with Crippen LogP contribution in [-0.4, -0.2) is 23.0 Å². The van der Waals surface area contributed by atoms with Gasteiger partial charge in [-0.15, -0.1) is 35.4 Å². The Hall–Kier alpha value is -13.1. The molecule has 6 aromatic carbocycles. The smallest absolute Gasteiger partial charge is 0.227 e. The van der Waals surface area contributed by atoms with Crippen molar-refractivity contribution in [3.8, 4) is 73.3 Å². The van der Waals surface area contributed by atoms with Crippen LogP contribution in [0.25, 0.3) is 133 Å². The van der Waals surface area contributed by atoms with Gasteiger partial charge in [0.05, 0.1) is 99.4 Å². The molecule has 0 atom stereocenters. The first kappa shape index (κ1) is 83.6. The number of carbonyl (C=O) groups is 1. The molecule has 0 aliphatic carbocycles. The molecule has 18 aromatic rings. The van der Waals surface area contributed by atoms with Gasteiger partial charge in [0.15, 0.2) is 69.5 Å². The number of pyridine rings is 6. The summed E-state index contributed by atoms with van der Waals surface area (Å²) < 4.78 is 89.2. The molecule has 0 spiro atoms. The zero-order chi connectivity index (χ0) is 85.4. The third-order valence-electron chi connectivity index (χ3n) is 23.0. The molecule has 5 aliphatic heterocycles. The first-order chi connectivity index (χ1) is 58.4. The van der Waals surface area contributed by atoms with Crippen molar-refractivity contribution < 1.29 is 97.3 Å². The zero-order valence-corrected chi connectivity index (χ0v) is 73.5. The number of hydrogen-bond donors (Lipinski definition) is 1. The summed E-state index contributed by atoms with van der Waals surface area (Å²) in [6.45, 7) is 30.7. The van der Waals surface area contributed by atoms with Gasteiger partial charge in [-0.2, -0.15) is 22.8 Å². The summed E-state index contributed by atoms with van der Waals surface area (Å²) in [5.74, 6) is -0.230. The minimum absolute atomic E-state index is 0. The number of nitrogens with zero attached hydrogens (tertiary/aromatic N) is 6. The zero-order valence-electron chi connectivity index (χ0n) is 71.1. The molecule has 5 aliphatic rings. The molecule has 0 unspecified atom stereocenters. The summed E-state index contributed by atoms with van der Waals surface area (Å²) in [5.41, 5.74) is 27.8. The van der Waals surface area contributed by atoms with E-state index in [1.165, 1.54) is 102 Å². The Balaban J connectivity index is 0.000000106. The second-order valence-electron chi connectivity index (χ2n) is 35.6. The van der Waals surface area contributed by atoms with Crippen LogP contribution in [0, 0.1) is 41.3 Å². The minimum Gasteiger partial charge on any atom is -0.512 e. The Kier molecular flexibility index (Phi) is 22.4. The molecule has 0 amide bonds. The second kappa shape index (κ2) is 33.0. The summed E-state index contributed by atoms with van der Waals surface area (Å²) in [7, 11) is 1.70. The van der Waals surface area contributed by atoms with Crippen molar-refractivity contribution in [2.45, 2.75) is 134 Å². The summed E-state index contributed by atoms with van der Waals surface area (Å²) in [5, 5.41) is 16.1. The van der Waals surface area contributed by atoms with Crippen LogP contribution in [0.3, 0.4) is 0 Å². The molecule has 0 saturated heterocycles. The van der Waals surface area contributed by atoms with Gasteiger partial charge in [0.2, 0.25) is 28.5 Å². The van der Waals surface area contributed by atoms with Gasteiger partial charge < -0.3 is 41.3 Å². The number of furan rings is 6. The molecule has 1 radical (unpaired) electrons. The molecule has 19 heteroatoms.